The number of anilines is 1. The molecule has 5 nitrogen and oxygen atoms in total. The van der Waals surface area contributed by atoms with E-state index in [-0.39, 0.29) is 24.3 Å². The number of rotatable bonds is 6. The molecule has 0 aliphatic heterocycles. The summed E-state index contributed by atoms with van der Waals surface area (Å²) >= 11 is 0. The predicted molar refractivity (Wildman–Crippen MR) is 70.9 cm³/mol. The second-order valence-corrected chi connectivity index (χ2v) is 4.40. The smallest absolute Gasteiger partial charge is 0.224 e. The van der Waals surface area contributed by atoms with E-state index >= 15 is 0 Å². The van der Waals surface area contributed by atoms with Crippen LogP contribution in [0, 0.1) is 0 Å². The Balaban J connectivity index is 2.48. The highest BCUT2D eigenvalue weighted by atomic mass is 16.1. The van der Waals surface area contributed by atoms with Crippen molar-refractivity contribution >= 4 is 17.5 Å². The molecule has 98 valence electrons. The van der Waals surface area contributed by atoms with Crippen molar-refractivity contribution in [3.63, 3.8) is 0 Å². The topological polar surface area (TPSA) is 98.2 Å². The van der Waals surface area contributed by atoms with Crippen LogP contribution in [0.2, 0.25) is 0 Å². The fourth-order valence-electron chi connectivity index (χ4n) is 1.49. The van der Waals surface area contributed by atoms with E-state index in [2.05, 4.69) is 5.32 Å². The fourth-order valence-corrected chi connectivity index (χ4v) is 1.49. The average molecular weight is 249 g/mol. The molecule has 1 aromatic carbocycles. The van der Waals surface area contributed by atoms with Gasteiger partial charge in [-0.2, -0.15) is 0 Å². The van der Waals surface area contributed by atoms with Crippen molar-refractivity contribution in [2.24, 2.45) is 11.5 Å². The van der Waals surface area contributed by atoms with Crippen molar-refractivity contribution in [2.45, 2.75) is 32.2 Å². The van der Waals surface area contributed by atoms with E-state index in [9.17, 15) is 9.59 Å². The minimum Gasteiger partial charge on any atom is -0.369 e. The lowest BCUT2D eigenvalue weighted by molar-refractivity contribution is -0.117. The molecule has 0 aromatic heterocycles. The second-order valence-electron chi connectivity index (χ2n) is 4.40. The largest absolute Gasteiger partial charge is 0.369 e. The van der Waals surface area contributed by atoms with Crippen LogP contribution in [0.25, 0.3) is 0 Å². The fraction of sp³-hybridized carbons (Fsp3) is 0.385. The number of carbonyl (C=O) groups is 2. The van der Waals surface area contributed by atoms with Crippen molar-refractivity contribution in [3.05, 3.63) is 29.8 Å². The quantitative estimate of drug-likeness (QED) is 0.694. The van der Waals surface area contributed by atoms with Crippen LogP contribution >= 0.6 is 0 Å². The Bertz CT molecular complexity index is 413. The van der Waals surface area contributed by atoms with Gasteiger partial charge in [-0.05, 0) is 31.0 Å². The minimum atomic E-state index is -0.372. The first-order valence-electron chi connectivity index (χ1n) is 5.90. The third kappa shape index (κ3) is 5.45. The van der Waals surface area contributed by atoms with Crippen LogP contribution in [0.5, 0.6) is 0 Å². The third-order valence-electron chi connectivity index (χ3n) is 2.44. The first kappa shape index (κ1) is 14.2. The monoisotopic (exact) mass is 249 g/mol. The maximum atomic E-state index is 11.5. The summed E-state index contributed by atoms with van der Waals surface area (Å²) in [6, 6.07) is 7.07. The van der Waals surface area contributed by atoms with Gasteiger partial charge in [0.15, 0.2) is 0 Å². The highest BCUT2D eigenvalue weighted by Crippen LogP contribution is 2.10. The van der Waals surface area contributed by atoms with E-state index in [1.807, 2.05) is 6.92 Å². The lowest BCUT2D eigenvalue weighted by atomic mass is 10.1. The Kier molecular flexibility index (Phi) is 5.32. The maximum absolute atomic E-state index is 11.5. The van der Waals surface area contributed by atoms with Crippen LogP contribution in [0.1, 0.15) is 25.3 Å². The van der Waals surface area contributed by atoms with E-state index < -0.39 is 0 Å². The Morgan fingerprint density at radius 2 is 1.89 bits per heavy atom. The van der Waals surface area contributed by atoms with Crippen molar-refractivity contribution in [3.8, 4) is 0 Å². The highest BCUT2D eigenvalue weighted by molar-refractivity contribution is 5.90. The van der Waals surface area contributed by atoms with Crippen LogP contribution in [-0.2, 0) is 16.0 Å². The van der Waals surface area contributed by atoms with Gasteiger partial charge in [-0.15, -0.1) is 0 Å². The Hall–Kier alpha value is -1.88. The molecule has 1 rings (SSSR count). The SMILES string of the molecule is CC(N)CCC(=O)Nc1ccc(CC(N)=O)cc1. The Morgan fingerprint density at radius 3 is 2.39 bits per heavy atom. The summed E-state index contributed by atoms with van der Waals surface area (Å²) in [6.07, 6.45) is 1.27. The predicted octanol–water partition coefficient (Wildman–Crippen LogP) is 0.780. The van der Waals surface area contributed by atoms with E-state index in [0.717, 1.165) is 5.56 Å². The molecule has 5 N–H and O–H groups in total. The molecule has 0 aliphatic carbocycles. The number of benzene rings is 1. The number of amides is 2. The zero-order valence-electron chi connectivity index (χ0n) is 10.5. The number of primary amides is 1. The van der Waals surface area contributed by atoms with Gasteiger partial charge in [0, 0.05) is 18.2 Å². The molecule has 2 amide bonds. The molecule has 1 aromatic rings. The summed E-state index contributed by atoms with van der Waals surface area (Å²) in [5.74, 6) is -0.432. The summed E-state index contributed by atoms with van der Waals surface area (Å²) in [7, 11) is 0. The summed E-state index contributed by atoms with van der Waals surface area (Å²) in [5, 5.41) is 2.77. The van der Waals surface area contributed by atoms with Gasteiger partial charge in [0.1, 0.15) is 0 Å². The van der Waals surface area contributed by atoms with Gasteiger partial charge in [-0.3, -0.25) is 9.59 Å². The van der Waals surface area contributed by atoms with Gasteiger partial charge in [0.05, 0.1) is 6.42 Å². The number of carbonyl (C=O) groups excluding carboxylic acids is 2. The van der Waals surface area contributed by atoms with Gasteiger partial charge >= 0.3 is 0 Å². The van der Waals surface area contributed by atoms with Crippen LogP contribution in [-0.4, -0.2) is 17.9 Å². The standard InChI is InChI=1S/C13H19N3O2/c1-9(14)2-7-13(18)16-11-5-3-10(4-6-11)8-12(15)17/h3-6,9H,2,7-8,14H2,1H3,(H2,15,17)(H,16,18). The number of hydrogen-bond donors (Lipinski definition) is 3. The molecular formula is C13H19N3O2. The van der Waals surface area contributed by atoms with Gasteiger partial charge < -0.3 is 16.8 Å². The van der Waals surface area contributed by atoms with Crippen molar-refractivity contribution < 1.29 is 9.59 Å². The molecule has 18 heavy (non-hydrogen) atoms. The number of hydrogen-bond acceptors (Lipinski definition) is 3. The van der Waals surface area contributed by atoms with E-state index in [1.54, 1.807) is 24.3 Å². The van der Waals surface area contributed by atoms with Gasteiger partial charge in [-0.1, -0.05) is 12.1 Å². The average Bonchev–Trinajstić information content (AvgIpc) is 2.28. The lowest BCUT2D eigenvalue weighted by Crippen LogP contribution is -2.19. The zero-order valence-corrected chi connectivity index (χ0v) is 10.5. The summed E-state index contributed by atoms with van der Waals surface area (Å²) < 4.78 is 0. The van der Waals surface area contributed by atoms with Crippen molar-refractivity contribution in [1.29, 1.82) is 0 Å². The van der Waals surface area contributed by atoms with E-state index in [4.69, 9.17) is 11.5 Å². The molecule has 0 bridgehead atoms. The summed E-state index contributed by atoms with van der Waals surface area (Å²) in [5.41, 5.74) is 12.2. The normalized spacial score (nSPS) is 11.9. The third-order valence-corrected chi connectivity index (χ3v) is 2.44. The van der Waals surface area contributed by atoms with Crippen molar-refractivity contribution in [1.82, 2.24) is 0 Å². The molecule has 5 heteroatoms. The zero-order chi connectivity index (χ0) is 13.5. The van der Waals surface area contributed by atoms with E-state index in [0.29, 0.717) is 18.5 Å². The molecule has 0 saturated carbocycles. The first-order valence-corrected chi connectivity index (χ1v) is 5.90. The Labute approximate surface area is 107 Å². The first-order chi connectivity index (χ1) is 8.47. The lowest BCUT2D eigenvalue weighted by Gasteiger charge is -2.07. The molecule has 0 spiro atoms. The molecule has 0 radical (unpaired) electrons. The molecule has 1 atom stereocenters. The van der Waals surface area contributed by atoms with Crippen molar-refractivity contribution in [2.75, 3.05) is 5.32 Å². The molecule has 0 fully saturated rings. The van der Waals surface area contributed by atoms with Gasteiger partial charge in [0.2, 0.25) is 11.8 Å². The van der Waals surface area contributed by atoms with Gasteiger partial charge in [0.25, 0.3) is 0 Å². The Morgan fingerprint density at radius 1 is 1.28 bits per heavy atom. The van der Waals surface area contributed by atoms with E-state index in [1.165, 1.54) is 0 Å². The summed E-state index contributed by atoms with van der Waals surface area (Å²) in [4.78, 5) is 22.3. The molecular weight excluding hydrogens is 230 g/mol. The number of nitrogens with one attached hydrogen (secondary N) is 1. The molecule has 0 saturated heterocycles. The van der Waals surface area contributed by atoms with Crippen LogP contribution in [0.4, 0.5) is 5.69 Å². The second kappa shape index (κ2) is 6.76. The number of nitrogens with two attached hydrogens (primary N) is 2. The van der Waals surface area contributed by atoms with Crippen LogP contribution in [0.15, 0.2) is 24.3 Å². The molecule has 1 unspecified atom stereocenters. The van der Waals surface area contributed by atoms with Crippen LogP contribution < -0.4 is 16.8 Å². The minimum absolute atomic E-state index is 0.0219. The van der Waals surface area contributed by atoms with Gasteiger partial charge in [-0.25, -0.2) is 0 Å². The van der Waals surface area contributed by atoms with Crippen LogP contribution in [0.3, 0.4) is 0 Å². The molecule has 0 heterocycles. The maximum Gasteiger partial charge on any atom is 0.224 e. The highest BCUT2D eigenvalue weighted by Gasteiger charge is 2.04. The summed E-state index contributed by atoms with van der Waals surface area (Å²) in [6.45, 7) is 1.87. The molecule has 0 aliphatic rings.